The van der Waals surface area contributed by atoms with E-state index in [9.17, 15) is 27.2 Å². The van der Waals surface area contributed by atoms with Crippen LogP contribution in [0.15, 0.2) is 101 Å². The van der Waals surface area contributed by atoms with Gasteiger partial charge in [0.15, 0.2) is 5.16 Å². The van der Waals surface area contributed by atoms with E-state index in [0.29, 0.717) is 41.0 Å². The Morgan fingerprint density at radius 2 is 1.53 bits per heavy atom. The van der Waals surface area contributed by atoms with Gasteiger partial charge in [-0.1, -0.05) is 60.3 Å². The molecule has 13 heteroatoms. The topological polar surface area (TPSA) is 76.3 Å². The zero-order chi connectivity index (χ0) is 37.7. The van der Waals surface area contributed by atoms with Gasteiger partial charge in [0.1, 0.15) is 12.4 Å². The van der Waals surface area contributed by atoms with E-state index < -0.39 is 11.7 Å². The Labute approximate surface area is 310 Å². The number of aryl methyl sites for hydroxylation is 1. The zero-order valence-corrected chi connectivity index (χ0v) is 30.7. The van der Waals surface area contributed by atoms with Crippen molar-refractivity contribution in [1.82, 2.24) is 29.1 Å². The monoisotopic (exact) mass is 746 g/mol. The minimum atomic E-state index is -4.40. The van der Waals surface area contributed by atoms with E-state index in [-0.39, 0.29) is 29.9 Å². The molecular formula is C40H42F4N6O2S. The number of hydrogen-bond donors (Lipinski definition) is 0. The van der Waals surface area contributed by atoms with Gasteiger partial charge in [0, 0.05) is 68.9 Å². The van der Waals surface area contributed by atoms with Gasteiger partial charge in [0.05, 0.1) is 11.8 Å². The number of carbonyl (C=O) groups excluding carboxylic acids is 1. The lowest BCUT2D eigenvalue weighted by Crippen LogP contribution is -2.49. The summed E-state index contributed by atoms with van der Waals surface area (Å²) < 4.78 is 56.3. The lowest BCUT2D eigenvalue weighted by atomic mass is 9.99. The SMILES string of the molecule is CC(C)N1CCC(N(Cc2ccc(-c3ccc(C(F)(F)F)cc3)cc2)C(=O)Cn2cc(Cc3cnn(C)c3)c(=O)nc2SCc2ccc(F)cc2)CC1. The average molecular weight is 747 g/mol. The predicted molar refractivity (Wildman–Crippen MR) is 198 cm³/mol. The Morgan fingerprint density at radius 1 is 0.906 bits per heavy atom. The molecule has 8 nitrogen and oxygen atoms in total. The van der Waals surface area contributed by atoms with Crippen LogP contribution in [0.5, 0.6) is 0 Å². The summed E-state index contributed by atoms with van der Waals surface area (Å²) in [7, 11) is 1.80. The van der Waals surface area contributed by atoms with Crippen LogP contribution in [0.2, 0.25) is 0 Å². The molecule has 0 aliphatic carbocycles. The van der Waals surface area contributed by atoms with Crippen LogP contribution in [-0.2, 0) is 43.3 Å². The zero-order valence-electron chi connectivity index (χ0n) is 29.9. The first kappa shape index (κ1) is 38.0. The second-order valence-corrected chi connectivity index (χ2v) is 14.7. The molecule has 53 heavy (non-hydrogen) atoms. The minimum Gasteiger partial charge on any atom is -0.334 e. The molecule has 6 rings (SSSR count). The smallest absolute Gasteiger partial charge is 0.334 e. The fourth-order valence-corrected chi connectivity index (χ4v) is 7.52. The van der Waals surface area contributed by atoms with E-state index in [1.807, 2.05) is 35.4 Å². The fraction of sp³-hybridized carbons (Fsp3) is 0.350. The van der Waals surface area contributed by atoms with Gasteiger partial charge in [-0.25, -0.2) is 4.39 Å². The van der Waals surface area contributed by atoms with Crippen molar-refractivity contribution >= 4 is 17.7 Å². The number of benzene rings is 3. The Morgan fingerprint density at radius 3 is 2.11 bits per heavy atom. The molecule has 278 valence electrons. The molecule has 0 saturated carbocycles. The number of alkyl halides is 3. The predicted octanol–water partition coefficient (Wildman–Crippen LogP) is 7.59. The maximum absolute atomic E-state index is 14.5. The number of amides is 1. The number of rotatable bonds is 12. The Bertz CT molecular complexity index is 2050. The van der Waals surface area contributed by atoms with Crippen molar-refractivity contribution in [1.29, 1.82) is 0 Å². The van der Waals surface area contributed by atoms with E-state index in [0.717, 1.165) is 60.3 Å². The molecule has 1 amide bonds. The Kier molecular flexibility index (Phi) is 11.8. The van der Waals surface area contributed by atoms with Crippen LogP contribution in [0.3, 0.4) is 0 Å². The number of nitrogens with zero attached hydrogens (tertiary/aromatic N) is 6. The molecule has 0 spiro atoms. The number of thioether (sulfide) groups is 1. The molecule has 0 bridgehead atoms. The summed E-state index contributed by atoms with van der Waals surface area (Å²) in [5.41, 5.74) is 3.37. The number of aromatic nitrogens is 4. The number of hydrogen-bond acceptors (Lipinski definition) is 6. The molecule has 0 atom stereocenters. The molecule has 0 N–H and O–H groups in total. The maximum Gasteiger partial charge on any atom is 0.416 e. The Balaban J connectivity index is 1.27. The Hall–Kier alpha value is -4.75. The van der Waals surface area contributed by atoms with E-state index in [2.05, 4.69) is 28.8 Å². The van der Waals surface area contributed by atoms with Crippen molar-refractivity contribution in [2.45, 2.75) is 75.4 Å². The first-order valence-electron chi connectivity index (χ1n) is 17.6. The van der Waals surface area contributed by atoms with Crippen molar-refractivity contribution in [3.05, 3.63) is 135 Å². The van der Waals surface area contributed by atoms with Gasteiger partial charge < -0.3 is 14.4 Å². The molecule has 1 saturated heterocycles. The van der Waals surface area contributed by atoms with Gasteiger partial charge >= 0.3 is 6.18 Å². The van der Waals surface area contributed by atoms with Crippen molar-refractivity contribution in [3.63, 3.8) is 0 Å². The third kappa shape index (κ3) is 9.82. The van der Waals surface area contributed by atoms with Gasteiger partial charge in [-0.3, -0.25) is 14.3 Å². The van der Waals surface area contributed by atoms with Gasteiger partial charge in [-0.15, -0.1) is 0 Å². The summed E-state index contributed by atoms with van der Waals surface area (Å²) in [6.45, 7) is 6.33. The quantitative estimate of drug-likeness (QED) is 0.0745. The number of piperidine rings is 1. The molecule has 3 heterocycles. The summed E-state index contributed by atoms with van der Waals surface area (Å²) in [5.74, 6) is -0.0418. The van der Waals surface area contributed by atoms with Gasteiger partial charge in [-0.2, -0.15) is 23.3 Å². The lowest BCUT2D eigenvalue weighted by molar-refractivity contribution is -0.138. The summed E-state index contributed by atoms with van der Waals surface area (Å²) >= 11 is 1.31. The molecule has 2 aromatic heterocycles. The highest BCUT2D eigenvalue weighted by atomic mass is 32.2. The van der Waals surface area contributed by atoms with Crippen molar-refractivity contribution in [2.24, 2.45) is 7.05 Å². The number of halogens is 4. The van der Waals surface area contributed by atoms with Crippen molar-refractivity contribution in [2.75, 3.05) is 13.1 Å². The maximum atomic E-state index is 14.5. The minimum absolute atomic E-state index is 0.0235. The van der Waals surface area contributed by atoms with Gasteiger partial charge in [0.25, 0.3) is 5.56 Å². The average Bonchev–Trinajstić information content (AvgIpc) is 3.56. The third-order valence-electron chi connectivity index (χ3n) is 9.61. The second-order valence-electron chi connectivity index (χ2n) is 13.8. The molecule has 1 fully saturated rings. The lowest BCUT2D eigenvalue weighted by Gasteiger charge is -2.40. The first-order chi connectivity index (χ1) is 25.3. The standard InChI is InChI=1S/C40H42F4N6O2S/c1-27(2)48-18-16-36(17-19-48)50(23-28-4-8-31(9-5-28)32-10-12-34(13-11-32)40(42,43)44)37(51)25-49-24-33(20-30-21-45-47(3)22-30)38(52)46-39(49)53-26-29-6-14-35(41)15-7-29/h4-15,21-22,24,27,36H,16-20,23,25-26H2,1-3H3. The summed E-state index contributed by atoms with van der Waals surface area (Å²) in [5, 5.41) is 4.60. The number of likely N-dealkylation sites (tertiary alicyclic amines) is 1. The highest BCUT2D eigenvalue weighted by Crippen LogP contribution is 2.31. The molecule has 3 aromatic carbocycles. The third-order valence-corrected chi connectivity index (χ3v) is 10.7. The van der Waals surface area contributed by atoms with Crippen molar-refractivity contribution < 1.29 is 22.4 Å². The van der Waals surface area contributed by atoms with Crippen molar-refractivity contribution in [3.8, 4) is 11.1 Å². The van der Waals surface area contributed by atoms with Crippen LogP contribution < -0.4 is 5.56 Å². The van der Waals surface area contributed by atoms with Crippen LogP contribution in [-0.4, -0.2) is 60.2 Å². The van der Waals surface area contributed by atoms with E-state index >= 15 is 0 Å². The molecule has 0 unspecified atom stereocenters. The highest BCUT2D eigenvalue weighted by Gasteiger charge is 2.31. The summed E-state index contributed by atoms with van der Waals surface area (Å²) in [4.78, 5) is 36.5. The van der Waals surface area contributed by atoms with Gasteiger partial charge in [-0.05, 0) is 78.8 Å². The van der Waals surface area contributed by atoms with E-state index in [1.165, 1.54) is 36.0 Å². The first-order valence-corrected chi connectivity index (χ1v) is 18.6. The fourth-order valence-electron chi connectivity index (χ4n) is 6.61. The molecular weight excluding hydrogens is 705 g/mol. The molecule has 1 aliphatic heterocycles. The summed E-state index contributed by atoms with van der Waals surface area (Å²) in [6, 6.07) is 19.1. The van der Waals surface area contributed by atoms with Crippen LogP contribution in [0.1, 0.15) is 54.5 Å². The molecule has 5 aromatic rings. The molecule has 1 aliphatic rings. The van der Waals surface area contributed by atoms with E-state index in [4.69, 9.17) is 0 Å². The molecule has 0 radical (unpaired) electrons. The number of carbonyl (C=O) groups is 1. The second kappa shape index (κ2) is 16.5. The largest absolute Gasteiger partial charge is 0.416 e. The van der Waals surface area contributed by atoms with Gasteiger partial charge in [0.2, 0.25) is 5.91 Å². The summed E-state index contributed by atoms with van der Waals surface area (Å²) in [6.07, 6.45) is 2.74. The van der Waals surface area contributed by atoms with E-state index in [1.54, 1.807) is 40.8 Å². The highest BCUT2D eigenvalue weighted by molar-refractivity contribution is 7.98. The van der Waals surface area contributed by atoms with Crippen LogP contribution in [0.4, 0.5) is 17.6 Å². The van der Waals surface area contributed by atoms with Crippen LogP contribution in [0, 0.1) is 5.82 Å². The normalized spacial score (nSPS) is 14.2. The van der Waals surface area contributed by atoms with Crippen LogP contribution in [0.25, 0.3) is 11.1 Å². The van der Waals surface area contributed by atoms with Crippen LogP contribution >= 0.6 is 11.8 Å².